The molecule has 0 amide bonds. The van der Waals surface area contributed by atoms with Crippen LogP contribution in [0, 0.1) is 0 Å². The van der Waals surface area contributed by atoms with Crippen LogP contribution in [-0.2, 0) is 17.1 Å². The van der Waals surface area contributed by atoms with Gasteiger partial charge >= 0.3 is 0 Å². The molecular formula is C25H29N7O4S. The van der Waals surface area contributed by atoms with Gasteiger partial charge in [0.05, 0.1) is 18.4 Å². The first-order valence-corrected chi connectivity index (χ1v) is 13.6. The Balaban J connectivity index is 1.66. The highest BCUT2D eigenvalue weighted by molar-refractivity contribution is 7.89. The van der Waals surface area contributed by atoms with Gasteiger partial charge in [0.1, 0.15) is 21.9 Å². The maximum absolute atomic E-state index is 13.5. The Morgan fingerprint density at radius 1 is 1.08 bits per heavy atom. The molecule has 4 heterocycles. The number of aryl methyl sites for hydroxylation is 1. The molecule has 1 aromatic carbocycles. The van der Waals surface area contributed by atoms with Gasteiger partial charge in [-0.05, 0) is 33.0 Å². The number of hydrogen-bond donors (Lipinski definition) is 1. The van der Waals surface area contributed by atoms with Crippen LogP contribution >= 0.6 is 0 Å². The molecule has 37 heavy (non-hydrogen) atoms. The summed E-state index contributed by atoms with van der Waals surface area (Å²) in [7, 11) is -0.154. The molecule has 0 atom stereocenters. The van der Waals surface area contributed by atoms with Gasteiger partial charge in [0.2, 0.25) is 15.9 Å². The Morgan fingerprint density at radius 3 is 2.62 bits per heavy atom. The van der Waals surface area contributed by atoms with Crippen LogP contribution in [0.3, 0.4) is 0 Å². The lowest BCUT2D eigenvalue weighted by atomic mass is 10.1. The van der Waals surface area contributed by atoms with E-state index in [0.29, 0.717) is 43.0 Å². The molecule has 3 aromatic heterocycles. The first-order valence-electron chi connectivity index (χ1n) is 12.1. The largest absolute Gasteiger partial charge is 0.477 e. The number of H-pyrrole nitrogens is 1. The average Bonchev–Trinajstić information content (AvgIpc) is 3.06. The second-order valence-electron chi connectivity index (χ2n) is 8.97. The zero-order chi connectivity index (χ0) is 26.2. The van der Waals surface area contributed by atoms with Gasteiger partial charge in [0.15, 0.2) is 5.52 Å². The molecule has 0 bridgehead atoms. The molecular weight excluding hydrogens is 494 g/mol. The SMILES string of the molecule is CCOc1ncc(S(=O)(=O)N2CCCN(C)CC2)cc1-c1nc2c(-c3ccccc3)nn(C)c2c(=O)[nH]1. The molecule has 11 nitrogen and oxygen atoms in total. The third-order valence-corrected chi connectivity index (χ3v) is 8.28. The number of aromatic nitrogens is 5. The predicted octanol–water partition coefficient (Wildman–Crippen LogP) is 2.11. The highest BCUT2D eigenvalue weighted by Gasteiger charge is 2.28. The van der Waals surface area contributed by atoms with Gasteiger partial charge in [-0.15, -0.1) is 0 Å². The molecule has 5 rings (SSSR count). The molecule has 1 saturated heterocycles. The number of aromatic amines is 1. The van der Waals surface area contributed by atoms with Crippen molar-refractivity contribution in [1.82, 2.24) is 33.9 Å². The third-order valence-electron chi connectivity index (χ3n) is 6.42. The number of pyridine rings is 1. The molecule has 12 heteroatoms. The van der Waals surface area contributed by atoms with Crippen molar-refractivity contribution in [3.8, 4) is 28.5 Å². The zero-order valence-corrected chi connectivity index (χ0v) is 21.8. The van der Waals surface area contributed by atoms with Gasteiger partial charge in [0, 0.05) is 32.2 Å². The molecule has 0 unspecified atom stereocenters. The normalized spacial score (nSPS) is 15.6. The summed E-state index contributed by atoms with van der Waals surface area (Å²) in [6, 6.07) is 10.9. The maximum atomic E-state index is 13.5. The van der Waals surface area contributed by atoms with Crippen LogP contribution in [0.15, 0.2) is 52.3 Å². The zero-order valence-electron chi connectivity index (χ0n) is 21.0. The molecule has 0 radical (unpaired) electrons. The number of sulfonamides is 1. The lowest BCUT2D eigenvalue weighted by molar-refractivity contribution is 0.327. The highest BCUT2D eigenvalue weighted by Crippen LogP contribution is 2.31. The van der Waals surface area contributed by atoms with Crippen LogP contribution in [0.4, 0.5) is 0 Å². The maximum Gasteiger partial charge on any atom is 0.277 e. The minimum absolute atomic E-state index is 0.0210. The second kappa shape index (κ2) is 10.0. The van der Waals surface area contributed by atoms with E-state index < -0.39 is 15.6 Å². The van der Waals surface area contributed by atoms with E-state index in [1.807, 2.05) is 37.4 Å². The van der Waals surface area contributed by atoms with E-state index in [1.165, 1.54) is 21.3 Å². The number of likely N-dealkylation sites (N-methyl/N-ethyl adjacent to an activating group) is 1. The topological polar surface area (TPSA) is 126 Å². The lowest BCUT2D eigenvalue weighted by Gasteiger charge is -2.20. The van der Waals surface area contributed by atoms with Gasteiger partial charge in [-0.3, -0.25) is 9.48 Å². The summed E-state index contributed by atoms with van der Waals surface area (Å²) >= 11 is 0. The van der Waals surface area contributed by atoms with E-state index in [9.17, 15) is 13.2 Å². The van der Waals surface area contributed by atoms with Gasteiger partial charge in [-0.25, -0.2) is 18.4 Å². The summed E-state index contributed by atoms with van der Waals surface area (Å²) in [6.07, 6.45) is 2.04. The summed E-state index contributed by atoms with van der Waals surface area (Å²) in [5, 5.41) is 4.53. The van der Waals surface area contributed by atoms with Crippen molar-refractivity contribution >= 4 is 21.1 Å². The van der Waals surface area contributed by atoms with Gasteiger partial charge in [0.25, 0.3) is 5.56 Å². The van der Waals surface area contributed by atoms with Crippen LogP contribution in [0.5, 0.6) is 5.88 Å². The molecule has 1 aliphatic heterocycles. The summed E-state index contributed by atoms with van der Waals surface area (Å²) < 4.78 is 35.8. The lowest BCUT2D eigenvalue weighted by Crippen LogP contribution is -2.34. The van der Waals surface area contributed by atoms with E-state index in [0.717, 1.165) is 18.5 Å². The summed E-state index contributed by atoms with van der Waals surface area (Å²) in [4.78, 5) is 27.1. The number of nitrogens with one attached hydrogen (secondary N) is 1. The Labute approximate surface area is 214 Å². The van der Waals surface area contributed by atoms with Gasteiger partial charge in [-0.1, -0.05) is 30.3 Å². The second-order valence-corrected chi connectivity index (χ2v) is 10.9. The molecule has 0 spiro atoms. The van der Waals surface area contributed by atoms with Crippen molar-refractivity contribution in [2.24, 2.45) is 7.05 Å². The Bertz CT molecular complexity index is 1600. The van der Waals surface area contributed by atoms with Crippen molar-refractivity contribution < 1.29 is 13.2 Å². The van der Waals surface area contributed by atoms with E-state index in [-0.39, 0.29) is 22.2 Å². The van der Waals surface area contributed by atoms with E-state index in [4.69, 9.17) is 9.72 Å². The van der Waals surface area contributed by atoms with Crippen LogP contribution < -0.4 is 10.3 Å². The molecule has 0 saturated carbocycles. The molecule has 194 valence electrons. The Kier molecular flexibility index (Phi) is 6.80. The monoisotopic (exact) mass is 523 g/mol. The number of hydrogen-bond acceptors (Lipinski definition) is 8. The Morgan fingerprint density at radius 2 is 1.86 bits per heavy atom. The molecule has 1 N–H and O–H groups in total. The number of benzene rings is 1. The van der Waals surface area contributed by atoms with Crippen LogP contribution in [-0.4, -0.2) is 82.2 Å². The van der Waals surface area contributed by atoms with E-state index in [2.05, 4.69) is 20.0 Å². The molecule has 1 aliphatic rings. The summed E-state index contributed by atoms with van der Waals surface area (Å²) in [5.74, 6) is 0.344. The van der Waals surface area contributed by atoms with Crippen LogP contribution in [0.1, 0.15) is 13.3 Å². The van der Waals surface area contributed by atoms with E-state index in [1.54, 1.807) is 14.0 Å². The third kappa shape index (κ3) is 4.75. The quantitative estimate of drug-likeness (QED) is 0.407. The van der Waals surface area contributed by atoms with Crippen molar-refractivity contribution in [1.29, 1.82) is 0 Å². The fourth-order valence-corrected chi connectivity index (χ4v) is 5.95. The number of rotatable bonds is 6. The molecule has 0 aliphatic carbocycles. The first kappa shape index (κ1) is 25.1. The van der Waals surface area contributed by atoms with Gasteiger partial charge < -0.3 is 14.6 Å². The fraction of sp³-hybridized carbons (Fsp3) is 0.360. The minimum atomic E-state index is -3.82. The van der Waals surface area contributed by atoms with Crippen LogP contribution in [0.25, 0.3) is 33.7 Å². The smallest absolute Gasteiger partial charge is 0.277 e. The number of ether oxygens (including phenoxy) is 1. The molecule has 1 fully saturated rings. The van der Waals surface area contributed by atoms with Crippen molar-refractivity contribution in [2.75, 3.05) is 39.8 Å². The fourth-order valence-electron chi connectivity index (χ4n) is 4.51. The predicted molar refractivity (Wildman–Crippen MR) is 140 cm³/mol. The van der Waals surface area contributed by atoms with Crippen LogP contribution in [0.2, 0.25) is 0 Å². The van der Waals surface area contributed by atoms with Crippen molar-refractivity contribution in [2.45, 2.75) is 18.2 Å². The van der Waals surface area contributed by atoms with Gasteiger partial charge in [-0.2, -0.15) is 9.40 Å². The Hall–Kier alpha value is -3.61. The number of nitrogens with zero attached hydrogens (tertiary/aromatic N) is 6. The number of fused-ring (bicyclic) bond motifs is 1. The average molecular weight is 524 g/mol. The van der Waals surface area contributed by atoms with E-state index >= 15 is 0 Å². The minimum Gasteiger partial charge on any atom is -0.477 e. The molecule has 4 aromatic rings. The summed E-state index contributed by atoms with van der Waals surface area (Å²) in [6.45, 7) is 4.39. The standard InChI is InChI=1S/C25H29N7O4S/c1-4-36-25-19(15-18(16-26-25)37(34,35)32-12-8-11-30(2)13-14-32)23-27-21-20(17-9-6-5-7-10-17)29-31(3)22(21)24(33)28-23/h5-7,9-10,15-16H,4,8,11-14H2,1-3H3,(H,27,28,33). The highest BCUT2D eigenvalue weighted by atomic mass is 32.2. The van der Waals surface area contributed by atoms with Crippen molar-refractivity contribution in [3.63, 3.8) is 0 Å². The first-order chi connectivity index (χ1) is 17.8. The van der Waals surface area contributed by atoms with Crippen molar-refractivity contribution in [3.05, 3.63) is 52.9 Å². The summed E-state index contributed by atoms with van der Waals surface area (Å²) in [5.41, 5.74) is 1.96.